The molecule has 0 saturated carbocycles. The molecule has 0 aliphatic heterocycles. The first-order chi connectivity index (χ1) is 7.57. The molecule has 0 unspecified atom stereocenters. The maximum atomic E-state index is 12.3. The van der Waals surface area contributed by atoms with Crippen LogP contribution in [-0.4, -0.2) is 12.0 Å². The number of rotatable bonds is 2. The molecular formula is C11H8BF3KN. The number of hydrogen-bond donors (Lipinski definition) is 0. The van der Waals surface area contributed by atoms with Crippen molar-refractivity contribution in [3.05, 3.63) is 48.7 Å². The first kappa shape index (κ1) is 14.9. The van der Waals surface area contributed by atoms with E-state index in [1.165, 1.54) is 6.07 Å². The van der Waals surface area contributed by atoms with Crippen molar-refractivity contribution < 1.29 is 64.3 Å². The van der Waals surface area contributed by atoms with E-state index in [-0.39, 0.29) is 51.4 Å². The summed E-state index contributed by atoms with van der Waals surface area (Å²) in [6.07, 6.45) is 0.877. The topological polar surface area (TPSA) is 12.9 Å². The predicted octanol–water partition coefficient (Wildman–Crippen LogP) is -0.193. The summed E-state index contributed by atoms with van der Waals surface area (Å²) in [4.78, 5) is 3.81. The second-order valence-corrected chi connectivity index (χ2v) is 3.42. The Morgan fingerprint density at radius 3 is 2.00 bits per heavy atom. The smallest absolute Gasteiger partial charge is 0.445 e. The molecule has 0 aliphatic carbocycles. The quantitative estimate of drug-likeness (QED) is 0.683. The van der Waals surface area contributed by atoms with Gasteiger partial charge in [0, 0.05) is 11.8 Å². The van der Waals surface area contributed by atoms with Crippen LogP contribution in [-0.2, 0) is 0 Å². The molecule has 1 nitrogen and oxygen atoms in total. The van der Waals surface area contributed by atoms with Crippen LogP contribution in [0.1, 0.15) is 0 Å². The molecule has 0 aliphatic rings. The number of nitrogens with zero attached hydrogens (tertiary/aromatic N) is 1. The third-order valence-electron chi connectivity index (χ3n) is 2.23. The van der Waals surface area contributed by atoms with E-state index < -0.39 is 12.4 Å². The molecule has 2 aromatic rings. The fourth-order valence-corrected chi connectivity index (χ4v) is 1.38. The van der Waals surface area contributed by atoms with Crippen LogP contribution >= 0.6 is 0 Å². The van der Waals surface area contributed by atoms with E-state index in [0.29, 0.717) is 5.69 Å². The molecule has 0 N–H and O–H groups in total. The van der Waals surface area contributed by atoms with Gasteiger partial charge in [0.15, 0.2) is 0 Å². The van der Waals surface area contributed by atoms with Gasteiger partial charge in [-0.2, -0.15) is 0 Å². The van der Waals surface area contributed by atoms with E-state index in [1.807, 2.05) is 18.2 Å². The molecule has 17 heavy (non-hydrogen) atoms. The number of benzene rings is 1. The van der Waals surface area contributed by atoms with Gasteiger partial charge in [0.05, 0.1) is 5.69 Å². The minimum atomic E-state index is -4.96. The third kappa shape index (κ3) is 3.93. The van der Waals surface area contributed by atoms with Gasteiger partial charge in [-0.1, -0.05) is 41.9 Å². The van der Waals surface area contributed by atoms with Crippen molar-refractivity contribution in [1.29, 1.82) is 0 Å². The largest absolute Gasteiger partial charge is 1.00 e. The normalized spacial score (nSPS) is 10.8. The van der Waals surface area contributed by atoms with E-state index in [9.17, 15) is 12.9 Å². The van der Waals surface area contributed by atoms with E-state index in [2.05, 4.69) is 4.98 Å². The van der Waals surface area contributed by atoms with Crippen LogP contribution in [0.15, 0.2) is 48.7 Å². The standard InChI is InChI=1S/C11H8BF3N.K/c13-12(14,15)10-6-7-11(16-8-10)9-4-2-1-3-5-9;/h1-8H;/q-1;+1. The van der Waals surface area contributed by atoms with Gasteiger partial charge >= 0.3 is 58.4 Å². The summed E-state index contributed by atoms with van der Waals surface area (Å²) in [5.74, 6) is 0. The molecule has 0 atom stereocenters. The zero-order valence-electron chi connectivity index (χ0n) is 9.28. The molecule has 2 rings (SSSR count). The maximum Gasteiger partial charge on any atom is 1.00 e. The molecule has 1 aromatic carbocycles. The van der Waals surface area contributed by atoms with Crippen LogP contribution in [0.3, 0.4) is 0 Å². The van der Waals surface area contributed by atoms with Crippen LogP contribution in [0, 0.1) is 0 Å². The average Bonchev–Trinajstić information content (AvgIpc) is 2.29. The Labute approximate surface area is 140 Å². The SMILES string of the molecule is F[B-](F)(F)c1ccc(-c2ccccc2)nc1.[K+]. The van der Waals surface area contributed by atoms with Gasteiger partial charge in [0.25, 0.3) is 0 Å². The van der Waals surface area contributed by atoms with Crippen molar-refractivity contribution in [2.45, 2.75) is 0 Å². The second-order valence-electron chi connectivity index (χ2n) is 3.42. The molecule has 0 fully saturated rings. The number of aromatic nitrogens is 1. The molecule has 0 bridgehead atoms. The zero-order valence-corrected chi connectivity index (χ0v) is 12.4. The Balaban J connectivity index is 0.00000144. The molecule has 6 heteroatoms. The van der Waals surface area contributed by atoms with Gasteiger partial charge in [0.2, 0.25) is 0 Å². The van der Waals surface area contributed by atoms with Crippen molar-refractivity contribution in [3.63, 3.8) is 0 Å². The van der Waals surface area contributed by atoms with Gasteiger partial charge < -0.3 is 12.9 Å². The fourth-order valence-electron chi connectivity index (χ4n) is 1.38. The minimum absolute atomic E-state index is 0. The number of hydrogen-bond acceptors (Lipinski definition) is 1. The summed E-state index contributed by atoms with van der Waals surface area (Å²) in [7, 11) is 0. The number of pyridine rings is 1. The Morgan fingerprint density at radius 2 is 1.53 bits per heavy atom. The van der Waals surface area contributed by atoms with E-state index in [1.54, 1.807) is 12.1 Å². The molecule has 1 heterocycles. The molecule has 0 amide bonds. The van der Waals surface area contributed by atoms with Crippen molar-refractivity contribution in [1.82, 2.24) is 4.98 Å². The molecule has 0 spiro atoms. The predicted molar refractivity (Wildman–Crippen MR) is 58.4 cm³/mol. The van der Waals surface area contributed by atoms with Gasteiger partial charge in [-0.05, 0) is 6.07 Å². The first-order valence-electron chi connectivity index (χ1n) is 4.79. The van der Waals surface area contributed by atoms with Crippen molar-refractivity contribution in [2.24, 2.45) is 0 Å². The van der Waals surface area contributed by atoms with E-state index in [0.717, 1.165) is 17.8 Å². The zero-order chi connectivity index (χ0) is 11.6. The van der Waals surface area contributed by atoms with Crippen LogP contribution in [0.4, 0.5) is 12.9 Å². The van der Waals surface area contributed by atoms with Crippen LogP contribution in [0.2, 0.25) is 0 Å². The third-order valence-corrected chi connectivity index (χ3v) is 2.23. The van der Waals surface area contributed by atoms with Gasteiger partial charge in [-0.3, -0.25) is 4.98 Å². The van der Waals surface area contributed by atoms with Crippen LogP contribution in [0.25, 0.3) is 11.3 Å². The summed E-state index contributed by atoms with van der Waals surface area (Å²) < 4.78 is 37.0. The van der Waals surface area contributed by atoms with Crippen molar-refractivity contribution in [3.8, 4) is 11.3 Å². The van der Waals surface area contributed by atoms with E-state index in [4.69, 9.17) is 0 Å². The second kappa shape index (κ2) is 6.15. The first-order valence-corrected chi connectivity index (χ1v) is 4.79. The van der Waals surface area contributed by atoms with Crippen LogP contribution < -0.4 is 56.8 Å². The molecule has 0 radical (unpaired) electrons. The molecular weight excluding hydrogens is 253 g/mol. The minimum Gasteiger partial charge on any atom is -0.445 e. The number of halogens is 3. The Morgan fingerprint density at radius 1 is 0.882 bits per heavy atom. The van der Waals surface area contributed by atoms with Crippen LogP contribution in [0.5, 0.6) is 0 Å². The van der Waals surface area contributed by atoms with Crippen molar-refractivity contribution in [2.75, 3.05) is 0 Å². The Bertz CT molecular complexity index is 470. The Hall–Kier alpha value is -0.139. The summed E-state index contributed by atoms with van der Waals surface area (Å²) in [5, 5.41) is 0. The maximum absolute atomic E-state index is 12.3. The molecule has 0 saturated heterocycles. The summed E-state index contributed by atoms with van der Waals surface area (Å²) in [6, 6.07) is 11.5. The van der Waals surface area contributed by atoms with Crippen molar-refractivity contribution >= 4 is 12.4 Å². The van der Waals surface area contributed by atoms with Gasteiger partial charge in [-0.15, -0.1) is 0 Å². The van der Waals surface area contributed by atoms with Gasteiger partial charge in [-0.25, -0.2) is 0 Å². The van der Waals surface area contributed by atoms with Gasteiger partial charge in [0.1, 0.15) is 0 Å². The summed E-state index contributed by atoms with van der Waals surface area (Å²) >= 11 is 0. The fraction of sp³-hybridized carbons (Fsp3) is 0. The monoisotopic (exact) mass is 261 g/mol. The summed E-state index contributed by atoms with van der Waals surface area (Å²) in [6.45, 7) is -4.96. The molecule has 82 valence electrons. The summed E-state index contributed by atoms with van der Waals surface area (Å²) in [5.41, 5.74) is 0.688. The Kier molecular flexibility index (Phi) is 5.40. The average molecular weight is 261 g/mol. The molecule has 1 aromatic heterocycles. The van der Waals surface area contributed by atoms with E-state index >= 15 is 0 Å².